The molecule has 4 nitrogen and oxygen atoms in total. The molecule has 0 fully saturated rings. The molecule has 104 valence electrons. The molecular weight excluding hydrogens is 240 g/mol. The second kappa shape index (κ2) is 6.68. The third-order valence-electron chi connectivity index (χ3n) is 3.36. The highest BCUT2D eigenvalue weighted by Crippen LogP contribution is 2.16. The highest BCUT2D eigenvalue weighted by atomic mass is 16.5. The third-order valence-corrected chi connectivity index (χ3v) is 3.36. The van der Waals surface area contributed by atoms with Crippen LogP contribution in [0.1, 0.15) is 25.0 Å². The van der Waals surface area contributed by atoms with Crippen molar-refractivity contribution < 1.29 is 9.53 Å². The summed E-state index contributed by atoms with van der Waals surface area (Å²) in [5.74, 6) is 0.0571. The fourth-order valence-corrected chi connectivity index (χ4v) is 2.32. The minimum atomic E-state index is -0.140. The number of carbonyl (C=O) groups is 1. The van der Waals surface area contributed by atoms with E-state index in [9.17, 15) is 4.79 Å². The summed E-state index contributed by atoms with van der Waals surface area (Å²) in [4.78, 5) is 12.2. The van der Waals surface area contributed by atoms with Gasteiger partial charge in [0.1, 0.15) is 0 Å². The van der Waals surface area contributed by atoms with E-state index in [1.165, 1.54) is 11.1 Å². The topological polar surface area (TPSA) is 50.4 Å². The summed E-state index contributed by atoms with van der Waals surface area (Å²) in [6.07, 6.45) is 0.753. The van der Waals surface area contributed by atoms with Crippen molar-refractivity contribution in [3.05, 3.63) is 35.4 Å². The molecular formula is C15H22N2O2. The van der Waals surface area contributed by atoms with Gasteiger partial charge in [0.2, 0.25) is 5.91 Å². The van der Waals surface area contributed by atoms with Gasteiger partial charge in [-0.15, -0.1) is 0 Å². The van der Waals surface area contributed by atoms with E-state index in [2.05, 4.69) is 22.8 Å². The van der Waals surface area contributed by atoms with Crippen molar-refractivity contribution in [2.75, 3.05) is 13.2 Å². The predicted octanol–water partition coefficient (Wildman–Crippen LogP) is 1.24. The van der Waals surface area contributed by atoms with Gasteiger partial charge >= 0.3 is 0 Å². The van der Waals surface area contributed by atoms with Gasteiger partial charge < -0.3 is 15.4 Å². The molecule has 1 amide bonds. The predicted molar refractivity (Wildman–Crippen MR) is 74.9 cm³/mol. The Balaban J connectivity index is 1.88. The van der Waals surface area contributed by atoms with E-state index in [0.29, 0.717) is 13.2 Å². The second-order valence-corrected chi connectivity index (χ2v) is 4.98. The zero-order valence-corrected chi connectivity index (χ0v) is 11.6. The Bertz CT molecular complexity index is 434. The normalized spacial score (nSPS) is 19.6. The van der Waals surface area contributed by atoms with Gasteiger partial charge in [0.25, 0.3) is 0 Å². The minimum Gasteiger partial charge on any atom is -0.380 e. The van der Waals surface area contributed by atoms with Crippen LogP contribution in [0.3, 0.4) is 0 Å². The fraction of sp³-hybridized carbons (Fsp3) is 0.533. The van der Waals surface area contributed by atoms with Crippen molar-refractivity contribution in [2.45, 2.75) is 38.9 Å². The van der Waals surface area contributed by atoms with Crippen LogP contribution in [-0.4, -0.2) is 31.2 Å². The van der Waals surface area contributed by atoms with Gasteiger partial charge in [-0.05, 0) is 31.4 Å². The van der Waals surface area contributed by atoms with Crippen LogP contribution in [0.2, 0.25) is 0 Å². The maximum atomic E-state index is 12.2. The first-order valence-electron chi connectivity index (χ1n) is 6.89. The van der Waals surface area contributed by atoms with Crippen LogP contribution in [0.5, 0.6) is 0 Å². The van der Waals surface area contributed by atoms with Crippen molar-refractivity contribution in [1.29, 1.82) is 0 Å². The number of rotatable bonds is 5. The summed E-state index contributed by atoms with van der Waals surface area (Å²) in [6, 6.07) is 8.17. The lowest BCUT2D eigenvalue weighted by Crippen LogP contribution is -2.50. The first-order valence-corrected chi connectivity index (χ1v) is 6.89. The SMILES string of the molecule is CCOCC(C)NC(=O)C1Cc2ccccc2CN1. The highest BCUT2D eigenvalue weighted by molar-refractivity contribution is 5.82. The summed E-state index contributed by atoms with van der Waals surface area (Å²) in [6.45, 7) is 5.91. The largest absolute Gasteiger partial charge is 0.380 e. The molecule has 2 unspecified atom stereocenters. The van der Waals surface area contributed by atoms with Crippen LogP contribution >= 0.6 is 0 Å². The number of hydrogen-bond acceptors (Lipinski definition) is 3. The van der Waals surface area contributed by atoms with Crippen molar-refractivity contribution in [3.63, 3.8) is 0 Å². The average molecular weight is 262 g/mol. The molecule has 1 aromatic rings. The number of benzene rings is 1. The number of hydrogen-bond donors (Lipinski definition) is 2. The van der Waals surface area contributed by atoms with Crippen LogP contribution in [0.4, 0.5) is 0 Å². The third kappa shape index (κ3) is 3.78. The van der Waals surface area contributed by atoms with Gasteiger partial charge in [-0.1, -0.05) is 24.3 Å². The molecule has 0 aliphatic carbocycles. The van der Waals surface area contributed by atoms with Crippen LogP contribution in [0.15, 0.2) is 24.3 Å². The standard InChI is InChI=1S/C15H22N2O2/c1-3-19-10-11(2)17-15(18)14-8-12-6-4-5-7-13(12)9-16-14/h4-7,11,14,16H,3,8-10H2,1-2H3,(H,17,18). The van der Waals surface area contributed by atoms with Crippen molar-refractivity contribution >= 4 is 5.91 Å². The lowest BCUT2D eigenvalue weighted by molar-refractivity contribution is -0.124. The monoisotopic (exact) mass is 262 g/mol. The first kappa shape index (κ1) is 14.0. The molecule has 0 spiro atoms. The van der Waals surface area contributed by atoms with Gasteiger partial charge in [-0.25, -0.2) is 0 Å². The number of amides is 1. The quantitative estimate of drug-likeness (QED) is 0.839. The van der Waals surface area contributed by atoms with E-state index >= 15 is 0 Å². The zero-order chi connectivity index (χ0) is 13.7. The summed E-state index contributed by atoms with van der Waals surface area (Å²) in [5.41, 5.74) is 2.55. The Labute approximate surface area is 114 Å². The molecule has 2 atom stereocenters. The second-order valence-electron chi connectivity index (χ2n) is 4.98. The molecule has 2 N–H and O–H groups in total. The smallest absolute Gasteiger partial charge is 0.237 e. The van der Waals surface area contributed by atoms with Crippen LogP contribution in [-0.2, 0) is 22.5 Å². The maximum Gasteiger partial charge on any atom is 0.237 e. The van der Waals surface area contributed by atoms with E-state index in [4.69, 9.17) is 4.74 Å². The molecule has 4 heteroatoms. The molecule has 1 heterocycles. The van der Waals surface area contributed by atoms with Gasteiger partial charge in [0.15, 0.2) is 0 Å². The van der Waals surface area contributed by atoms with Gasteiger partial charge in [-0.3, -0.25) is 4.79 Å². The van der Waals surface area contributed by atoms with Gasteiger partial charge in [0.05, 0.1) is 12.6 Å². The van der Waals surface area contributed by atoms with Gasteiger partial charge in [-0.2, -0.15) is 0 Å². The van der Waals surface area contributed by atoms with E-state index in [1.54, 1.807) is 0 Å². The lowest BCUT2D eigenvalue weighted by atomic mass is 9.95. The summed E-state index contributed by atoms with van der Waals surface area (Å²) < 4.78 is 5.30. The van der Waals surface area contributed by atoms with Crippen LogP contribution in [0.25, 0.3) is 0 Å². The molecule has 19 heavy (non-hydrogen) atoms. The van der Waals surface area contributed by atoms with E-state index in [0.717, 1.165) is 13.0 Å². The maximum absolute atomic E-state index is 12.2. The Hall–Kier alpha value is -1.39. The molecule has 0 aromatic heterocycles. The Morgan fingerprint density at radius 1 is 1.47 bits per heavy atom. The summed E-state index contributed by atoms with van der Waals surface area (Å²) in [5, 5.41) is 6.27. The van der Waals surface area contributed by atoms with Crippen molar-refractivity contribution in [1.82, 2.24) is 10.6 Å². The number of fused-ring (bicyclic) bond motifs is 1. The number of ether oxygens (including phenoxy) is 1. The molecule has 1 aromatic carbocycles. The minimum absolute atomic E-state index is 0.0476. The average Bonchev–Trinajstić information content (AvgIpc) is 2.44. The van der Waals surface area contributed by atoms with Crippen LogP contribution in [0, 0.1) is 0 Å². The van der Waals surface area contributed by atoms with Gasteiger partial charge in [0, 0.05) is 19.2 Å². The molecule has 0 bridgehead atoms. The highest BCUT2D eigenvalue weighted by Gasteiger charge is 2.24. The van der Waals surface area contributed by atoms with E-state index in [1.807, 2.05) is 26.0 Å². The molecule has 2 rings (SSSR count). The fourth-order valence-electron chi connectivity index (χ4n) is 2.32. The Morgan fingerprint density at radius 3 is 2.95 bits per heavy atom. The molecule has 0 radical (unpaired) electrons. The number of nitrogens with one attached hydrogen (secondary N) is 2. The molecule has 1 aliphatic heterocycles. The molecule has 0 saturated heterocycles. The number of carbonyl (C=O) groups excluding carboxylic acids is 1. The summed E-state index contributed by atoms with van der Waals surface area (Å²) in [7, 11) is 0. The van der Waals surface area contributed by atoms with Crippen molar-refractivity contribution in [3.8, 4) is 0 Å². The van der Waals surface area contributed by atoms with E-state index in [-0.39, 0.29) is 18.0 Å². The molecule has 1 aliphatic rings. The first-order chi connectivity index (χ1) is 9.20. The molecule has 0 saturated carbocycles. The Morgan fingerprint density at radius 2 is 2.21 bits per heavy atom. The van der Waals surface area contributed by atoms with E-state index < -0.39 is 0 Å². The van der Waals surface area contributed by atoms with Crippen molar-refractivity contribution in [2.24, 2.45) is 0 Å². The lowest BCUT2D eigenvalue weighted by Gasteiger charge is -2.26. The van der Waals surface area contributed by atoms with Crippen LogP contribution < -0.4 is 10.6 Å². The summed E-state index contributed by atoms with van der Waals surface area (Å²) >= 11 is 0. The Kier molecular flexibility index (Phi) is 4.93. The zero-order valence-electron chi connectivity index (χ0n) is 11.6.